The van der Waals surface area contributed by atoms with Crippen molar-refractivity contribution in [2.45, 2.75) is 49.3 Å². The van der Waals surface area contributed by atoms with E-state index in [9.17, 15) is 4.79 Å². The Bertz CT molecular complexity index is 258. The topological polar surface area (TPSA) is 55.1 Å². The monoisotopic (exact) mass is 242 g/mol. The smallest absolute Gasteiger partial charge is 0.223 e. The molecule has 0 unspecified atom stereocenters. The zero-order valence-corrected chi connectivity index (χ0v) is 10.8. The van der Waals surface area contributed by atoms with E-state index in [4.69, 9.17) is 5.73 Å². The number of thioether (sulfide) groups is 1. The molecule has 2 aliphatic carbocycles. The Morgan fingerprint density at radius 2 is 2.00 bits per heavy atom. The van der Waals surface area contributed by atoms with E-state index in [2.05, 4.69) is 11.6 Å². The van der Waals surface area contributed by atoms with Crippen molar-refractivity contribution in [3.05, 3.63) is 0 Å². The Labute approximate surface area is 102 Å². The summed E-state index contributed by atoms with van der Waals surface area (Å²) < 4.78 is 0.376. The van der Waals surface area contributed by atoms with E-state index < -0.39 is 0 Å². The van der Waals surface area contributed by atoms with Gasteiger partial charge < -0.3 is 11.1 Å². The van der Waals surface area contributed by atoms with Crippen molar-refractivity contribution in [1.82, 2.24) is 5.32 Å². The lowest BCUT2D eigenvalue weighted by Gasteiger charge is -2.25. The van der Waals surface area contributed by atoms with Gasteiger partial charge in [0.15, 0.2) is 0 Å². The highest BCUT2D eigenvalue weighted by molar-refractivity contribution is 8.00. The summed E-state index contributed by atoms with van der Waals surface area (Å²) in [5, 5.41) is 3.12. The predicted octanol–water partition coefficient (Wildman–Crippen LogP) is 1.52. The van der Waals surface area contributed by atoms with E-state index in [0.29, 0.717) is 10.8 Å². The number of carbonyl (C=O) groups excluding carboxylic acids is 1. The fourth-order valence-electron chi connectivity index (χ4n) is 2.37. The zero-order valence-electron chi connectivity index (χ0n) is 10.00. The van der Waals surface area contributed by atoms with Crippen molar-refractivity contribution in [2.24, 2.45) is 11.7 Å². The maximum absolute atomic E-state index is 11.9. The first kappa shape index (κ1) is 12.2. The van der Waals surface area contributed by atoms with Crippen molar-refractivity contribution < 1.29 is 4.79 Å². The van der Waals surface area contributed by atoms with Gasteiger partial charge in [0.2, 0.25) is 5.91 Å². The van der Waals surface area contributed by atoms with Crippen LogP contribution in [0.3, 0.4) is 0 Å². The Kier molecular flexibility index (Phi) is 3.80. The van der Waals surface area contributed by atoms with Gasteiger partial charge in [0.25, 0.3) is 0 Å². The third-order valence-electron chi connectivity index (χ3n) is 3.97. The third-order valence-corrected chi connectivity index (χ3v) is 5.39. The number of carbonyl (C=O) groups is 1. The molecule has 0 radical (unpaired) electrons. The van der Waals surface area contributed by atoms with Gasteiger partial charge in [0, 0.05) is 23.3 Å². The summed E-state index contributed by atoms with van der Waals surface area (Å²) in [6.45, 7) is 0.857. The highest BCUT2D eigenvalue weighted by atomic mass is 32.2. The molecule has 0 saturated heterocycles. The van der Waals surface area contributed by atoms with E-state index >= 15 is 0 Å². The van der Waals surface area contributed by atoms with Crippen LogP contribution in [0.15, 0.2) is 0 Å². The van der Waals surface area contributed by atoms with Crippen molar-refractivity contribution in [1.29, 1.82) is 0 Å². The van der Waals surface area contributed by atoms with Gasteiger partial charge in [-0.25, -0.2) is 0 Å². The molecule has 0 heterocycles. The average Bonchev–Trinajstić information content (AvgIpc) is 3.08. The molecule has 92 valence electrons. The molecule has 0 aromatic carbocycles. The summed E-state index contributed by atoms with van der Waals surface area (Å²) in [6.07, 6.45) is 8.60. The van der Waals surface area contributed by atoms with Crippen LogP contribution in [-0.2, 0) is 4.79 Å². The quantitative estimate of drug-likeness (QED) is 0.786. The first-order valence-electron chi connectivity index (χ1n) is 6.24. The molecule has 2 fully saturated rings. The van der Waals surface area contributed by atoms with Crippen LogP contribution in [0, 0.1) is 5.92 Å². The predicted molar refractivity (Wildman–Crippen MR) is 68.4 cm³/mol. The highest BCUT2D eigenvalue weighted by Crippen LogP contribution is 2.46. The van der Waals surface area contributed by atoms with Gasteiger partial charge >= 0.3 is 0 Å². The molecule has 0 atom stereocenters. The van der Waals surface area contributed by atoms with Crippen molar-refractivity contribution in [3.63, 3.8) is 0 Å². The van der Waals surface area contributed by atoms with E-state index in [1.807, 2.05) is 11.8 Å². The minimum absolute atomic E-state index is 0.220. The fraction of sp³-hybridized carbons (Fsp3) is 0.917. The number of amides is 1. The van der Waals surface area contributed by atoms with Crippen LogP contribution < -0.4 is 11.1 Å². The minimum atomic E-state index is 0.220. The molecule has 2 rings (SSSR count). The van der Waals surface area contributed by atoms with Gasteiger partial charge in [0.1, 0.15) is 0 Å². The molecule has 16 heavy (non-hydrogen) atoms. The fourth-order valence-corrected chi connectivity index (χ4v) is 3.09. The molecule has 3 nitrogen and oxygen atoms in total. The van der Waals surface area contributed by atoms with Gasteiger partial charge in [-0.1, -0.05) is 0 Å². The van der Waals surface area contributed by atoms with Crippen molar-refractivity contribution in [2.75, 3.05) is 12.8 Å². The number of nitrogens with one attached hydrogen (secondary N) is 1. The van der Waals surface area contributed by atoms with Gasteiger partial charge in [-0.2, -0.15) is 11.8 Å². The Morgan fingerprint density at radius 1 is 1.38 bits per heavy atom. The number of hydrogen-bond donors (Lipinski definition) is 2. The normalized spacial score (nSPS) is 32.1. The molecular formula is C12H22N2OS. The standard InChI is InChI=1S/C12H22N2OS/c1-16-12(6-7-12)8-14-11(15)9-2-4-10(13)5-3-9/h9-10H,2-8,13H2,1H3,(H,14,15). The summed E-state index contributed by atoms with van der Waals surface area (Å²) in [6, 6.07) is 0.324. The van der Waals surface area contributed by atoms with Crippen LogP contribution in [0.1, 0.15) is 38.5 Å². The molecular weight excluding hydrogens is 220 g/mol. The number of hydrogen-bond acceptors (Lipinski definition) is 3. The van der Waals surface area contributed by atoms with Crippen molar-refractivity contribution >= 4 is 17.7 Å². The molecule has 4 heteroatoms. The third kappa shape index (κ3) is 2.92. The van der Waals surface area contributed by atoms with Crippen LogP contribution in [0.2, 0.25) is 0 Å². The van der Waals surface area contributed by atoms with Gasteiger partial charge in [0.05, 0.1) is 0 Å². The molecule has 2 saturated carbocycles. The lowest BCUT2D eigenvalue weighted by atomic mass is 9.86. The second kappa shape index (κ2) is 4.96. The molecule has 0 aromatic rings. The first-order valence-corrected chi connectivity index (χ1v) is 7.46. The van der Waals surface area contributed by atoms with E-state index in [1.165, 1.54) is 12.8 Å². The molecule has 0 bridgehead atoms. The number of nitrogens with two attached hydrogens (primary N) is 1. The lowest BCUT2D eigenvalue weighted by Crippen LogP contribution is -2.39. The maximum atomic E-state index is 11.9. The van der Waals surface area contributed by atoms with Crippen LogP contribution >= 0.6 is 11.8 Å². The van der Waals surface area contributed by atoms with E-state index in [-0.39, 0.29) is 11.8 Å². The average molecular weight is 242 g/mol. The largest absolute Gasteiger partial charge is 0.354 e. The second-order valence-electron chi connectivity index (χ2n) is 5.22. The second-order valence-corrected chi connectivity index (χ2v) is 6.49. The molecule has 0 aromatic heterocycles. The zero-order chi connectivity index (χ0) is 11.6. The Hall–Kier alpha value is -0.220. The SMILES string of the molecule is CSC1(CNC(=O)C2CCC(N)CC2)CC1. The summed E-state index contributed by atoms with van der Waals surface area (Å²) in [7, 11) is 0. The molecule has 0 spiro atoms. The van der Waals surface area contributed by atoms with Crippen molar-refractivity contribution in [3.8, 4) is 0 Å². The maximum Gasteiger partial charge on any atom is 0.223 e. The molecule has 3 N–H and O–H groups in total. The highest BCUT2D eigenvalue weighted by Gasteiger charge is 2.42. The van der Waals surface area contributed by atoms with Gasteiger partial charge in [-0.05, 0) is 44.8 Å². The summed E-state index contributed by atoms with van der Waals surface area (Å²) >= 11 is 1.89. The molecule has 1 amide bonds. The van der Waals surface area contributed by atoms with Crippen LogP contribution in [-0.4, -0.2) is 29.5 Å². The van der Waals surface area contributed by atoms with Crippen LogP contribution in [0.25, 0.3) is 0 Å². The lowest BCUT2D eigenvalue weighted by molar-refractivity contribution is -0.126. The Morgan fingerprint density at radius 3 is 2.50 bits per heavy atom. The summed E-state index contributed by atoms with van der Waals surface area (Å²) in [4.78, 5) is 11.9. The van der Waals surface area contributed by atoms with E-state index in [1.54, 1.807) is 0 Å². The molecule has 0 aliphatic heterocycles. The summed E-state index contributed by atoms with van der Waals surface area (Å²) in [5.74, 6) is 0.477. The summed E-state index contributed by atoms with van der Waals surface area (Å²) in [5.41, 5.74) is 5.84. The molecule has 2 aliphatic rings. The van der Waals surface area contributed by atoms with E-state index in [0.717, 1.165) is 32.2 Å². The van der Waals surface area contributed by atoms with Gasteiger partial charge in [-0.3, -0.25) is 4.79 Å². The van der Waals surface area contributed by atoms with Gasteiger partial charge in [-0.15, -0.1) is 0 Å². The minimum Gasteiger partial charge on any atom is -0.354 e. The Balaban J connectivity index is 1.71. The van der Waals surface area contributed by atoms with Crippen LogP contribution in [0.5, 0.6) is 0 Å². The van der Waals surface area contributed by atoms with Crippen LogP contribution in [0.4, 0.5) is 0 Å². The number of rotatable bonds is 4. The first-order chi connectivity index (χ1) is 7.65.